The van der Waals surface area contributed by atoms with Crippen molar-refractivity contribution in [2.24, 2.45) is 0 Å². The minimum absolute atomic E-state index is 0. The first kappa shape index (κ1) is 13.6. The van der Waals surface area contributed by atoms with Crippen molar-refractivity contribution < 1.29 is 21.5 Å². The van der Waals surface area contributed by atoms with Gasteiger partial charge < -0.3 is 17.1 Å². The smallest absolute Gasteiger partial charge is 0.253 e. The first-order valence-electron chi connectivity index (χ1n) is 6.34. The van der Waals surface area contributed by atoms with Crippen LogP contribution in [0.15, 0.2) is 54.9 Å². The van der Waals surface area contributed by atoms with Crippen LogP contribution in [0.1, 0.15) is 13.3 Å². The fourth-order valence-electron chi connectivity index (χ4n) is 2.17. The number of rotatable bonds is 3. The summed E-state index contributed by atoms with van der Waals surface area (Å²) in [6, 6.07) is 14.6. The van der Waals surface area contributed by atoms with E-state index in [1.807, 2.05) is 12.1 Å². The second kappa shape index (κ2) is 5.89. The van der Waals surface area contributed by atoms with Gasteiger partial charge in [0, 0.05) is 17.5 Å². The molecule has 3 rings (SSSR count). The van der Waals surface area contributed by atoms with Crippen LogP contribution in [-0.2, 0) is 0 Å². The van der Waals surface area contributed by atoms with E-state index < -0.39 is 0 Å². The van der Waals surface area contributed by atoms with Crippen LogP contribution in [-0.4, -0.2) is 6.61 Å². The third kappa shape index (κ3) is 2.64. The predicted molar refractivity (Wildman–Crippen MR) is 72.9 cm³/mol. The van der Waals surface area contributed by atoms with E-state index in [2.05, 4.69) is 54.0 Å². The lowest BCUT2D eigenvalue weighted by molar-refractivity contribution is -0.510. The normalized spacial score (nSPS) is 10.4. The monoisotopic (exact) mass is 273 g/mol. The quantitative estimate of drug-likeness (QED) is 0.497. The molecule has 3 aromatic rings. The molecule has 0 amide bonds. The minimum Gasteiger partial charge on any atom is -1.00 e. The van der Waals surface area contributed by atoms with E-state index >= 15 is 0 Å². The van der Waals surface area contributed by atoms with Crippen molar-refractivity contribution in [1.29, 1.82) is 0 Å². The SMILES string of the molecule is CCCOc1ccc[n+]2cc3ccccc3cc12.[Cl-]. The molecule has 0 atom stereocenters. The number of hydrogen-bond donors (Lipinski definition) is 0. The van der Waals surface area contributed by atoms with Gasteiger partial charge >= 0.3 is 0 Å². The Morgan fingerprint density at radius 2 is 1.84 bits per heavy atom. The average Bonchev–Trinajstić information content (AvgIpc) is 2.43. The van der Waals surface area contributed by atoms with Gasteiger partial charge in [-0.25, -0.2) is 0 Å². The number of fused-ring (bicyclic) bond motifs is 2. The van der Waals surface area contributed by atoms with Gasteiger partial charge in [-0.05, 0) is 23.9 Å². The largest absolute Gasteiger partial charge is 1.00 e. The molecule has 0 radical (unpaired) electrons. The maximum Gasteiger partial charge on any atom is 0.253 e. The molecule has 98 valence electrons. The molecule has 0 N–H and O–H groups in total. The summed E-state index contributed by atoms with van der Waals surface area (Å²) >= 11 is 0. The molecule has 0 saturated carbocycles. The summed E-state index contributed by atoms with van der Waals surface area (Å²) in [4.78, 5) is 0. The first-order chi connectivity index (χ1) is 8.88. The highest BCUT2D eigenvalue weighted by atomic mass is 35.5. The number of benzene rings is 1. The third-order valence-corrected chi connectivity index (χ3v) is 3.05. The van der Waals surface area contributed by atoms with Crippen LogP contribution in [0.25, 0.3) is 16.3 Å². The maximum atomic E-state index is 5.80. The van der Waals surface area contributed by atoms with E-state index in [1.54, 1.807) is 0 Å². The van der Waals surface area contributed by atoms with Gasteiger partial charge in [0.05, 0.1) is 6.61 Å². The Hall–Kier alpha value is -1.80. The van der Waals surface area contributed by atoms with E-state index in [9.17, 15) is 0 Å². The van der Waals surface area contributed by atoms with E-state index in [0.29, 0.717) is 0 Å². The van der Waals surface area contributed by atoms with Gasteiger partial charge in [0.2, 0.25) is 0 Å². The van der Waals surface area contributed by atoms with Crippen LogP contribution in [0.5, 0.6) is 5.75 Å². The maximum absolute atomic E-state index is 5.80. The van der Waals surface area contributed by atoms with E-state index in [0.717, 1.165) is 24.3 Å². The zero-order valence-electron chi connectivity index (χ0n) is 10.8. The summed E-state index contributed by atoms with van der Waals surface area (Å²) in [6.45, 7) is 2.88. The predicted octanol–water partition coefficient (Wildman–Crippen LogP) is 0.371. The Morgan fingerprint density at radius 1 is 1.05 bits per heavy atom. The number of halogens is 1. The summed E-state index contributed by atoms with van der Waals surface area (Å²) in [5, 5.41) is 2.48. The van der Waals surface area contributed by atoms with E-state index in [-0.39, 0.29) is 12.4 Å². The van der Waals surface area contributed by atoms with Crippen LogP contribution in [0.4, 0.5) is 0 Å². The van der Waals surface area contributed by atoms with Crippen molar-refractivity contribution in [3.05, 3.63) is 54.9 Å². The van der Waals surface area contributed by atoms with Gasteiger partial charge in [0.15, 0.2) is 18.1 Å². The van der Waals surface area contributed by atoms with Crippen LogP contribution < -0.4 is 21.5 Å². The molecule has 2 aromatic heterocycles. The Kier molecular flexibility index (Phi) is 4.23. The third-order valence-electron chi connectivity index (χ3n) is 3.05. The number of ether oxygens (including phenoxy) is 1. The van der Waals surface area contributed by atoms with Crippen molar-refractivity contribution >= 4 is 16.3 Å². The van der Waals surface area contributed by atoms with Crippen molar-refractivity contribution in [2.45, 2.75) is 13.3 Å². The fourth-order valence-corrected chi connectivity index (χ4v) is 2.17. The van der Waals surface area contributed by atoms with Gasteiger partial charge in [-0.15, -0.1) is 0 Å². The highest BCUT2D eigenvalue weighted by molar-refractivity contribution is 5.84. The average molecular weight is 274 g/mol. The molecule has 0 aliphatic heterocycles. The van der Waals surface area contributed by atoms with Crippen LogP contribution in [0.3, 0.4) is 0 Å². The van der Waals surface area contributed by atoms with Crippen molar-refractivity contribution in [3.8, 4) is 5.75 Å². The highest BCUT2D eigenvalue weighted by Gasteiger charge is 2.10. The van der Waals surface area contributed by atoms with Crippen molar-refractivity contribution in [2.75, 3.05) is 6.61 Å². The molecule has 19 heavy (non-hydrogen) atoms. The molecular weight excluding hydrogens is 258 g/mol. The molecule has 0 fully saturated rings. The zero-order chi connectivity index (χ0) is 12.4. The Bertz CT molecular complexity index is 696. The zero-order valence-corrected chi connectivity index (χ0v) is 11.6. The van der Waals surface area contributed by atoms with Crippen molar-refractivity contribution in [1.82, 2.24) is 0 Å². The second-order valence-electron chi connectivity index (χ2n) is 4.42. The molecule has 0 aliphatic rings. The summed E-state index contributed by atoms with van der Waals surface area (Å²) in [5.41, 5.74) is 1.12. The summed E-state index contributed by atoms with van der Waals surface area (Å²) in [7, 11) is 0. The molecule has 0 unspecified atom stereocenters. The Morgan fingerprint density at radius 3 is 2.63 bits per heavy atom. The number of hydrogen-bond acceptors (Lipinski definition) is 1. The van der Waals surface area contributed by atoms with Gasteiger partial charge in [-0.2, -0.15) is 4.40 Å². The number of nitrogens with zero attached hydrogens (tertiary/aromatic N) is 1. The fraction of sp³-hybridized carbons (Fsp3) is 0.188. The van der Waals surface area contributed by atoms with Crippen molar-refractivity contribution in [3.63, 3.8) is 0 Å². The van der Waals surface area contributed by atoms with Crippen LogP contribution in [0.2, 0.25) is 0 Å². The van der Waals surface area contributed by atoms with Gasteiger partial charge in [-0.1, -0.05) is 25.1 Å². The topological polar surface area (TPSA) is 13.3 Å². The first-order valence-corrected chi connectivity index (χ1v) is 6.34. The lowest BCUT2D eigenvalue weighted by atomic mass is 10.1. The molecule has 0 spiro atoms. The lowest BCUT2D eigenvalue weighted by Gasteiger charge is -2.04. The molecule has 2 nitrogen and oxygen atoms in total. The highest BCUT2D eigenvalue weighted by Crippen LogP contribution is 2.20. The Labute approximate surface area is 119 Å². The standard InChI is InChI=1S/C16H16NO.ClH/c1-2-10-18-16-8-5-9-17-12-14-7-4-3-6-13(14)11-15(16)17;/h3-9,11-12H,2,10H2,1H3;1H/q+1;/p-1. The molecule has 0 aliphatic carbocycles. The van der Waals surface area contributed by atoms with E-state index in [4.69, 9.17) is 4.74 Å². The van der Waals surface area contributed by atoms with Crippen LogP contribution in [0, 0.1) is 0 Å². The lowest BCUT2D eigenvalue weighted by Crippen LogP contribution is -3.00. The molecular formula is C16H16ClNO. The summed E-state index contributed by atoms with van der Waals surface area (Å²) in [5.74, 6) is 0.949. The molecule has 3 heteroatoms. The Balaban J connectivity index is 0.00000133. The summed E-state index contributed by atoms with van der Waals surface area (Å²) < 4.78 is 7.91. The number of aromatic nitrogens is 1. The number of pyridine rings is 2. The van der Waals surface area contributed by atoms with Gasteiger partial charge in [0.1, 0.15) is 0 Å². The molecule has 1 aromatic carbocycles. The van der Waals surface area contributed by atoms with Gasteiger partial charge in [-0.3, -0.25) is 0 Å². The minimum atomic E-state index is 0. The van der Waals surface area contributed by atoms with E-state index in [1.165, 1.54) is 10.8 Å². The molecule has 0 saturated heterocycles. The van der Waals surface area contributed by atoms with Crippen LogP contribution >= 0.6 is 0 Å². The molecule has 0 bridgehead atoms. The molecule has 2 heterocycles. The summed E-state index contributed by atoms with van der Waals surface area (Å²) in [6.07, 6.45) is 5.22. The second-order valence-corrected chi connectivity index (χ2v) is 4.42. The van der Waals surface area contributed by atoms with Gasteiger partial charge in [0.25, 0.3) is 5.52 Å².